The molecule has 0 unspecified atom stereocenters. The molecule has 0 amide bonds. The van der Waals surface area contributed by atoms with Crippen LogP contribution in [0.3, 0.4) is 0 Å². The van der Waals surface area contributed by atoms with Crippen LogP contribution in [-0.2, 0) is 24.5 Å². The molecule has 0 aliphatic heterocycles. The first-order valence-corrected chi connectivity index (χ1v) is 9.59. The smallest absolute Gasteiger partial charge is 0.307 e. The largest absolute Gasteiger partial charge is 0.497 e. The fourth-order valence-electron chi connectivity index (χ4n) is 3.37. The highest BCUT2D eigenvalue weighted by Gasteiger charge is 2.40. The zero-order valence-electron chi connectivity index (χ0n) is 17.4. The van der Waals surface area contributed by atoms with Crippen molar-refractivity contribution in [3.05, 3.63) is 59.7 Å². The van der Waals surface area contributed by atoms with Gasteiger partial charge in [0.15, 0.2) is 0 Å². The molecule has 2 rings (SSSR count). The summed E-state index contributed by atoms with van der Waals surface area (Å²) in [4.78, 5) is 25.1. The van der Waals surface area contributed by atoms with Crippen LogP contribution in [0.2, 0.25) is 0 Å². The van der Waals surface area contributed by atoms with Gasteiger partial charge in [0.2, 0.25) is 0 Å². The first kappa shape index (κ1) is 22.3. The molecule has 2 aromatic rings. The number of rotatable bonds is 10. The summed E-state index contributed by atoms with van der Waals surface area (Å²) in [5, 5.41) is 0. The van der Waals surface area contributed by atoms with Crippen LogP contribution in [0.1, 0.15) is 37.8 Å². The lowest BCUT2D eigenvalue weighted by Crippen LogP contribution is -2.35. The van der Waals surface area contributed by atoms with Gasteiger partial charge in [0, 0.05) is 5.41 Å². The maximum absolute atomic E-state index is 12.6. The molecular formula is C23H28O6. The average molecular weight is 400 g/mol. The Morgan fingerprint density at radius 2 is 1.03 bits per heavy atom. The lowest BCUT2D eigenvalue weighted by atomic mass is 9.69. The Kier molecular flexibility index (Phi) is 8.07. The van der Waals surface area contributed by atoms with Gasteiger partial charge >= 0.3 is 11.9 Å². The number of hydrogen-bond donors (Lipinski definition) is 0. The number of benzene rings is 2. The minimum absolute atomic E-state index is 0.00167. The summed E-state index contributed by atoms with van der Waals surface area (Å²) in [6.07, 6.45) is -0.00335. The lowest BCUT2D eigenvalue weighted by Gasteiger charge is -2.33. The molecule has 0 fully saturated rings. The predicted molar refractivity (Wildman–Crippen MR) is 109 cm³/mol. The number of carbonyl (C=O) groups is 2. The second-order valence-corrected chi connectivity index (χ2v) is 6.50. The molecule has 29 heavy (non-hydrogen) atoms. The molecule has 0 atom stereocenters. The van der Waals surface area contributed by atoms with E-state index >= 15 is 0 Å². The average Bonchev–Trinajstić information content (AvgIpc) is 2.73. The van der Waals surface area contributed by atoms with E-state index in [1.54, 1.807) is 28.1 Å². The van der Waals surface area contributed by atoms with Gasteiger partial charge in [0.1, 0.15) is 11.5 Å². The van der Waals surface area contributed by atoms with Crippen LogP contribution in [0.25, 0.3) is 0 Å². The van der Waals surface area contributed by atoms with E-state index in [0.29, 0.717) is 11.5 Å². The Hall–Kier alpha value is -3.02. The van der Waals surface area contributed by atoms with Gasteiger partial charge in [0.25, 0.3) is 0 Å². The SMILES string of the molecule is CCOC(=O)CC(CC(=O)OCC)(c1ccc(OC)cc1)c1ccc(OC)cc1. The van der Waals surface area contributed by atoms with E-state index in [-0.39, 0.29) is 38.0 Å². The van der Waals surface area contributed by atoms with Crippen molar-refractivity contribution in [3.8, 4) is 11.5 Å². The number of ether oxygens (including phenoxy) is 4. The van der Waals surface area contributed by atoms with Crippen LogP contribution in [0.5, 0.6) is 11.5 Å². The van der Waals surface area contributed by atoms with Crippen molar-refractivity contribution < 1.29 is 28.5 Å². The summed E-state index contributed by atoms with van der Waals surface area (Å²) in [6, 6.07) is 14.7. The lowest BCUT2D eigenvalue weighted by molar-refractivity contribution is -0.147. The van der Waals surface area contributed by atoms with Crippen LogP contribution in [0, 0.1) is 0 Å². The zero-order valence-corrected chi connectivity index (χ0v) is 17.4. The van der Waals surface area contributed by atoms with E-state index in [4.69, 9.17) is 18.9 Å². The third-order valence-electron chi connectivity index (χ3n) is 4.79. The Bertz CT molecular complexity index is 726. The Balaban J connectivity index is 2.62. The zero-order chi connectivity index (χ0) is 21.3. The molecule has 0 bridgehead atoms. The van der Waals surface area contributed by atoms with Gasteiger partial charge in [-0.2, -0.15) is 0 Å². The Morgan fingerprint density at radius 1 is 0.690 bits per heavy atom. The van der Waals surface area contributed by atoms with Crippen molar-refractivity contribution in [2.75, 3.05) is 27.4 Å². The molecule has 0 radical (unpaired) electrons. The molecule has 0 N–H and O–H groups in total. The van der Waals surface area contributed by atoms with Gasteiger partial charge in [-0.3, -0.25) is 9.59 Å². The van der Waals surface area contributed by atoms with Crippen LogP contribution in [-0.4, -0.2) is 39.4 Å². The third kappa shape index (κ3) is 5.50. The molecule has 6 heteroatoms. The molecule has 0 saturated carbocycles. The molecule has 0 aliphatic rings. The first-order chi connectivity index (χ1) is 14.0. The van der Waals surface area contributed by atoms with Crippen LogP contribution >= 0.6 is 0 Å². The Morgan fingerprint density at radius 3 is 1.31 bits per heavy atom. The van der Waals surface area contributed by atoms with Crippen molar-refractivity contribution in [1.29, 1.82) is 0 Å². The first-order valence-electron chi connectivity index (χ1n) is 9.59. The summed E-state index contributed by atoms with van der Waals surface area (Å²) in [7, 11) is 3.17. The van der Waals surface area contributed by atoms with Crippen LogP contribution in [0.4, 0.5) is 0 Å². The highest BCUT2D eigenvalue weighted by atomic mass is 16.5. The molecule has 0 spiro atoms. The van der Waals surface area contributed by atoms with E-state index in [0.717, 1.165) is 11.1 Å². The number of methoxy groups -OCH3 is 2. The monoisotopic (exact) mass is 400 g/mol. The molecular weight excluding hydrogens is 372 g/mol. The molecule has 0 saturated heterocycles. The molecule has 6 nitrogen and oxygen atoms in total. The van der Waals surface area contributed by atoms with E-state index < -0.39 is 5.41 Å². The Labute approximate surface area is 171 Å². The second-order valence-electron chi connectivity index (χ2n) is 6.50. The predicted octanol–water partition coefficient (Wildman–Crippen LogP) is 3.90. The fourth-order valence-corrected chi connectivity index (χ4v) is 3.37. The number of esters is 2. The summed E-state index contributed by atoms with van der Waals surface area (Å²) < 4.78 is 21.0. The van der Waals surface area contributed by atoms with E-state index in [2.05, 4.69) is 0 Å². The molecule has 0 aromatic heterocycles. The van der Waals surface area contributed by atoms with Gasteiger partial charge in [-0.15, -0.1) is 0 Å². The molecule has 2 aromatic carbocycles. The van der Waals surface area contributed by atoms with Crippen LogP contribution in [0.15, 0.2) is 48.5 Å². The summed E-state index contributed by atoms with van der Waals surface area (Å²) in [5.41, 5.74) is 0.644. The van der Waals surface area contributed by atoms with Crippen molar-refractivity contribution >= 4 is 11.9 Å². The standard InChI is InChI=1S/C23H28O6/c1-5-28-21(24)15-23(16-22(25)29-6-2,17-7-11-19(26-3)12-8-17)18-9-13-20(27-4)14-10-18/h7-14H,5-6,15-16H2,1-4H3. The van der Waals surface area contributed by atoms with Gasteiger partial charge in [-0.25, -0.2) is 0 Å². The van der Waals surface area contributed by atoms with Gasteiger partial charge in [-0.1, -0.05) is 24.3 Å². The topological polar surface area (TPSA) is 71.1 Å². The summed E-state index contributed by atoms with van der Waals surface area (Å²) in [6.45, 7) is 4.04. The molecule has 156 valence electrons. The van der Waals surface area contributed by atoms with Crippen LogP contribution < -0.4 is 9.47 Å². The minimum Gasteiger partial charge on any atom is -0.497 e. The highest BCUT2D eigenvalue weighted by molar-refractivity contribution is 5.78. The fraction of sp³-hybridized carbons (Fsp3) is 0.391. The van der Waals surface area contributed by atoms with Gasteiger partial charge in [-0.05, 0) is 49.2 Å². The third-order valence-corrected chi connectivity index (χ3v) is 4.79. The molecule has 0 heterocycles. The molecule has 0 aliphatic carbocycles. The maximum Gasteiger partial charge on any atom is 0.307 e. The van der Waals surface area contributed by atoms with E-state index in [1.165, 1.54) is 0 Å². The number of hydrogen-bond acceptors (Lipinski definition) is 6. The van der Waals surface area contributed by atoms with Crippen molar-refractivity contribution in [3.63, 3.8) is 0 Å². The van der Waals surface area contributed by atoms with Crippen molar-refractivity contribution in [1.82, 2.24) is 0 Å². The number of carbonyl (C=O) groups excluding carboxylic acids is 2. The maximum atomic E-state index is 12.6. The normalized spacial score (nSPS) is 10.9. The highest BCUT2D eigenvalue weighted by Crippen LogP contribution is 2.41. The summed E-state index contributed by atoms with van der Waals surface area (Å²) in [5.74, 6) is 0.598. The van der Waals surface area contributed by atoms with Gasteiger partial charge in [0.05, 0.1) is 40.3 Å². The van der Waals surface area contributed by atoms with Crippen molar-refractivity contribution in [2.45, 2.75) is 32.1 Å². The van der Waals surface area contributed by atoms with Gasteiger partial charge < -0.3 is 18.9 Å². The minimum atomic E-state index is -0.947. The van der Waals surface area contributed by atoms with E-state index in [9.17, 15) is 9.59 Å². The quantitative estimate of drug-likeness (QED) is 0.564. The summed E-state index contributed by atoms with van der Waals surface area (Å²) >= 11 is 0. The van der Waals surface area contributed by atoms with E-state index in [1.807, 2.05) is 48.5 Å². The van der Waals surface area contributed by atoms with Crippen molar-refractivity contribution in [2.24, 2.45) is 0 Å². The second kappa shape index (κ2) is 10.5.